The number of hydrogen-bond donors (Lipinski definition) is 0. The Morgan fingerprint density at radius 1 is 0.775 bits per heavy atom. The average molecular weight is 547 g/mol. The van der Waals surface area contributed by atoms with Crippen LogP contribution in [0.5, 0.6) is 0 Å². The minimum Gasteiger partial charge on any atom is -0.459 e. The highest BCUT2D eigenvalue weighted by Gasteiger charge is 2.55. The first kappa shape index (κ1) is 26.1. The average Bonchev–Trinajstić information content (AvgIpc) is 3.66. The van der Waals surface area contributed by atoms with Crippen LogP contribution in [0.2, 0.25) is 0 Å². The van der Waals surface area contributed by atoms with Gasteiger partial charge in [0.25, 0.3) is 11.8 Å². The van der Waals surface area contributed by atoms with E-state index in [4.69, 9.17) is 9.15 Å². The number of benzene rings is 2. The fourth-order valence-electron chi connectivity index (χ4n) is 5.98. The number of anilines is 1. The van der Waals surface area contributed by atoms with Gasteiger partial charge >= 0.3 is 0 Å². The number of likely N-dealkylation sites (tertiary alicyclic amines) is 1. The van der Waals surface area contributed by atoms with Crippen molar-refractivity contribution in [3.05, 3.63) is 90.1 Å². The summed E-state index contributed by atoms with van der Waals surface area (Å²) in [7, 11) is 0. The minimum atomic E-state index is -0.998. The molecule has 3 fully saturated rings. The van der Waals surface area contributed by atoms with Gasteiger partial charge in [-0.2, -0.15) is 0 Å². The number of nitrogens with zero attached hydrogens (tertiary/aromatic N) is 4. The molecule has 0 saturated carbocycles. The third kappa shape index (κ3) is 4.72. The van der Waals surface area contributed by atoms with Gasteiger partial charge in [0.05, 0.1) is 18.6 Å². The number of carbonyl (C=O) groups is 3. The Labute approximate surface area is 231 Å². The number of piperidine rings is 1. The van der Waals surface area contributed by atoms with Gasteiger partial charge in [0, 0.05) is 57.7 Å². The van der Waals surface area contributed by atoms with E-state index in [0.717, 1.165) is 0 Å². The molecule has 0 aliphatic carbocycles. The van der Waals surface area contributed by atoms with Gasteiger partial charge in [-0.25, -0.2) is 4.39 Å². The summed E-state index contributed by atoms with van der Waals surface area (Å²) < 4.78 is 25.9. The number of ether oxygens (including phenoxy) is 1. The number of piperazine rings is 1. The molecular formula is C30H31FN4O5. The first-order chi connectivity index (χ1) is 19.5. The van der Waals surface area contributed by atoms with Crippen LogP contribution in [0.25, 0.3) is 0 Å². The second kappa shape index (κ2) is 10.8. The largest absolute Gasteiger partial charge is 0.459 e. The van der Waals surface area contributed by atoms with E-state index >= 15 is 0 Å². The maximum atomic E-state index is 14.3. The van der Waals surface area contributed by atoms with Gasteiger partial charge < -0.3 is 23.9 Å². The van der Waals surface area contributed by atoms with Gasteiger partial charge in [-0.15, -0.1) is 0 Å². The summed E-state index contributed by atoms with van der Waals surface area (Å²) in [5, 5.41) is 0. The Morgan fingerprint density at radius 3 is 2.15 bits per heavy atom. The van der Waals surface area contributed by atoms with Crippen LogP contribution in [0, 0.1) is 5.82 Å². The Bertz CT molecular complexity index is 1370. The van der Waals surface area contributed by atoms with Gasteiger partial charge in [0.15, 0.2) is 5.76 Å². The van der Waals surface area contributed by atoms with Crippen LogP contribution in [0.1, 0.15) is 33.8 Å². The second-order valence-corrected chi connectivity index (χ2v) is 10.3. The highest BCUT2D eigenvalue weighted by molar-refractivity contribution is 5.98. The van der Waals surface area contributed by atoms with Crippen LogP contribution in [0.3, 0.4) is 0 Å². The molecule has 9 nitrogen and oxygen atoms in total. The Hall–Kier alpha value is -4.18. The molecule has 1 atom stereocenters. The van der Waals surface area contributed by atoms with E-state index in [1.165, 1.54) is 12.3 Å². The van der Waals surface area contributed by atoms with E-state index in [1.807, 2.05) is 11.0 Å². The van der Waals surface area contributed by atoms with E-state index in [1.54, 1.807) is 69.3 Å². The van der Waals surface area contributed by atoms with Crippen LogP contribution in [0.4, 0.5) is 10.1 Å². The van der Waals surface area contributed by atoms with Crippen molar-refractivity contribution in [2.45, 2.75) is 24.6 Å². The number of carbonyl (C=O) groups excluding carboxylic acids is 3. The van der Waals surface area contributed by atoms with Crippen LogP contribution < -0.4 is 4.90 Å². The van der Waals surface area contributed by atoms with E-state index in [-0.39, 0.29) is 35.9 Å². The fraction of sp³-hybridized carbons (Fsp3) is 0.367. The van der Waals surface area contributed by atoms with Gasteiger partial charge in [-0.3, -0.25) is 19.3 Å². The van der Waals surface area contributed by atoms with Crippen molar-refractivity contribution in [1.29, 1.82) is 0 Å². The van der Waals surface area contributed by atoms with Crippen molar-refractivity contribution in [2.75, 3.05) is 50.8 Å². The second-order valence-electron chi connectivity index (χ2n) is 10.3. The van der Waals surface area contributed by atoms with Crippen molar-refractivity contribution < 1.29 is 27.9 Å². The van der Waals surface area contributed by atoms with E-state index in [0.29, 0.717) is 63.4 Å². The first-order valence-corrected chi connectivity index (χ1v) is 13.6. The predicted octanol–water partition coefficient (Wildman–Crippen LogP) is 3.24. The smallest absolute Gasteiger partial charge is 0.289 e. The van der Waals surface area contributed by atoms with Crippen molar-refractivity contribution in [3.8, 4) is 0 Å². The van der Waals surface area contributed by atoms with Crippen molar-refractivity contribution in [1.82, 2.24) is 14.7 Å². The molecule has 1 spiro atoms. The third-order valence-corrected chi connectivity index (χ3v) is 8.13. The number of para-hydroxylation sites is 1. The molecule has 3 aliphatic rings. The van der Waals surface area contributed by atoms with Gasteiger partial charge in [0.1, 0.15) is 17.6 Å². The summed E-state index contributed by atoms with van der Waals surface area (Å²) in [6, 6.07) is 18.0. The molecular weight excluding hydrogens is 515 g/mol. The Kier molecular flexibility index (Phi) is 7.02. The summed E-state index contributed by atoms with van der Waals surface area (Å²) in [5.41, 5.74) is 0.000434. The zero-order valence-electron chi connectivity index (χ0n) is 22.1. The normalized spacial score (nSPS) is 20.7. The number of hydrogen-bond acceptors (Lipinski definition) is 6. The van der Waals surface area contributed by atoms with E-state index in [9.17, 15) is 18.8 Å². The third-order valence-electron chi connectivity index (χ3n) is 8.13. The molecule has 0 N–H and O–H groups in total. The molecule has 3 saturated heterocycles. The van der Waals surface area contributed by atoms with Gasteiger partial charge in [0.2, 0.25) is 5.91 Å². The summed E-state index contributed by atoms with van der Waals surface area (Å²) in [6.07, 6.45) is 2.22. The predicted molar refractivity (Wildman–Crippen MR) is 144 cm³/mol. The maximum absolute atomic E-state index is 14.3. The zero-order valence-corrected chi connectivity index (χ0v) is 22.1. The minimum absolute atomic E-state index is 0.0804. The molecule has 2 aromatic carbocycles. The first-order valence-electron chi connectivity index (χ1n) is 13.6. The van der Waals surface area contributed by atoms with Crippen molar-refractivity contribution >= 4 is 23.4 Å². The summed E-state index contributed by atoms with van der Waals surface area (Å²) in [5.74, 6) is -0.678. The molecule has 3 aliphatic heterocycles. The number of amides is 3. The number of furan rings is 1. The highest BCUT2D eigenvalue weighted by atomic mass is 19.1. The van der Waals surface area contributed by atoms with Crippen LogP contribution in [-0.4, -0.2) is 90.1 Å². The fourth-order valence-corrected chi connectivity index (χ4v) is 5.98. The molecule has 0 bridgehead atoms. The lowest BCUT2D eigenvalue weighted by molar-refractivity contribution is -0.138. The molecule has 40 heavy (non-hydrogen) atoms. The summed E-state index contributed by atoms with van der Waals surface area (Å²) in [6.45, 7) is 2.60. The lowest BCUT2D eigenvalue weighted by atomic mass is 9.96. The SMILES string of the molecule is O=C(c1ccco1)N1CCC2(CC1)OC[C@@H](C(=O)N1CCN(c3ccccc3F)CC1)N2C(=O)c1ccccc1. The summed E-state index contributed by atoms with van der Waals surface area (Å²) in [4.78, 5) is 47.7. The molecule has 1 aromatic heterocycles. The maximum Gasteiger partial charge on any atom is 0.289 e. The lowest BCUT2D eigenvalue weighted by Gasteiger charge is -2.45. The molecule has 6 rings (SSSR count). The van der Waals surface area contributed by atoms with Crippen molar-refractivity contribution in [2.24, 2.45) is 0 Å². The highest BCUT2D eigenvalue weighted by Crippen LogP contribution is 2.39. The topological polar surface area (TPSA) is 86.5 Å². The van der Waals surface area contributed by atoms with Gasteiger partial charge in [-0.05, 0) is 36.4 Å². The monoisotopic (exact) mass is 546 g/mol. The molecule has 0 unspecified atom stereocenters. The Balaban J connectivity index is 1.20. The zero-order chi connectivity index (χ0) is 27.7. The van der Waals surface area contributed by atoms with Gasteiger partial charge in [-0.1, -0.05) is 30.3 Å². The number of rotatable bonds is 4. The standard InChI is InChI=1S/C30H31FN4O5/c31-23-9-4-5-10-24(23)32-16-18-34(19-17-32)28(37)25-21-40-30(35(25)27(36)22-7-2-1-3-8-22)12-14-33(15-13-30)29(38)26-11-6-20-39-26/h1-11,20,25H,12-19,21H2/t25-/m0/s1. The van der Waals surface area contributed by atoms with Crippen LogP contribution >= 0.6 is 0 Å². The quantitative estimate of drug-likeness (QED) is 0.500. The molecule has 3 aromatic rings. The van der Waals surface area contributed by atoms with E-state index < -0.39 is 11.8 Å². The molecule has 0 radical (unpaired) electrons. The molecule has 10 heteroatoms. The Morgan fingerprint density at radius 2 is 1.48 bits per heavy atom. The van der Waals surface area contributed by atoms with Crippen molar-refractivity contribution in [3.63, 3.8) is 0 Å². The molecule has 3 amide bonds. The molecule has 4 heterocycles. The van der Waals surface area contributed by atoms with E-state index in [2.05, 4.69) is 0 Å². The molecule has 208 valence electrons. The summed E-state index contributed by atoms with van der Waals surface area (Å²) >= 11 is 0. The number of halogens is 1. The van der Waals surface area contributed by atoms with Crippen LogP contribution in [0.15, 0.2) is 77.4 Å². The lowest BCUT2D eigenvalue weighted by Crippen LogP contribution is -2.61. The van der Waals surface area contributed by atoms with Crippen LogP contribution in [-0.2, 0) is 9.53 Å².